The van der Waals surface area contributed by atoms with Gasteiger partial charge in [-0.3, -0.25) is 0 Å². The molecule has 0 spiro atoms. The van der Waals surface area contributed by atoms with Crippen LogP contribution in [0.2, 0.25) is 0 Å². The van der Waals surface area contributed by atoms with Gasteiger partial charge in [0.2, 0.25) is 0 Å². The summed E-state index contributed by atoms with van der Waals surface area (Å²) in [5.74, 6) is 0. The molecule has 2 rings (SSSR count). The van der Waals surface area contributed by atoms with Gasteiger partial charge in [-0.05, 0) is 23.3 Å². The van der Waals surface area contributed by atoms with Crippen molar-refractivity contribution >= 4 is 12.6 Å². The Hall–Kier alpha value is -1.25. The van der Waals surface area contributed by atoms with Crippen LogP contribution in [0.25, 0.3) is 0 Å². The Morgan fingerprint density at radius 1 is 0.938 bits per heavy atom. The van der Waals surface area contributed by atoms with E-state index in [-0.39, 0.29) is 0 Å². The van der Waals surface area contributed by atoms with E-state index >= 15 is 0 Å². The fourth-order valence-electron chi connectivity index (χ4n) is 1.65. The predicted molar refractivity (Wildman–Crippen MR) is 68.8 cm³/mol. The summed E-state index contributed by atoms with van der Waals surface area (Å²) in [4.78, 5) is 0.943. The van der Waals surface area contributed by atoms with Crippen molar-refractivity contribution in [2.45, 2.75) is 17.4 Å². The maximum atomic E-state index is 10.0. The SMILES string of the molecule is OC(Cc1ccc(S)cc1)c1ccccc1. The van der Waals surface area contributed by atoms with E-state index in [2.05, 4.69) is 12.6 Å². The van der Waals surface area contributed by atoms with Gasteiger partial charge in [-0.1, -0.05) is 42.5 Å². The summed E-state index contributed by atoms with van der Waals surface area (Å²) in [7, 11) is 0. The molecule has 0 aliphatic carbocycles. The van der Waals surface area contributed by atoms with Gasteiger partial charge in [-0.25, -0.2) is 0 Å². The van der Waals surface area contributed by atoms with Gasteiger partial charge in [0.15, 0.2) is 0 Å². The van der Waals surface area contributed by atoms with Gasteiger partial charge < -0.3 is 5.11 Å². The van der Waals surface area contributed by atoms with Crippen LogP contribution in [0, 0.1) is 0 Å². The Morgan fingerprint density at radius 3 is 2.19 bits per heavy atom. The van der Waals surface area contributed by atoms with Gasteiger partial charge in [0.25, 0.3) is 0 Å². The number of rotatable bonds is 3. The van der Waals surface area contributed by atoms with Gasteiger partial charge >= 0.3 is 0 Å². The second-order valence-corrected chi connectivity index (χ2v) is 4.31. The van der Waals surface area contributed by atoms with Crippen LogP contribution in [0.4, 0.5) is 0 Å². The van der Waals surface area contributed by atoms with Crippen molar-refractivity contribution in [2.75, 3.05) is 0 Å². The molecule has 1 unspecified atom stereocenters. The van der Waals surface area contributed by atoms with Crippen LogP contribution < -0.4 is 0 Å². The number of hydrogen-bond donors (Lipinski definition) is 2. The van der Waals surface area contributed by atoms with Crippen LogP contribution >= 0.6 is 12.6 Å². The molecular weight excluding hydrogens is 216 g/mol. The molecule has 16 heavy (non-hydrogen) atoms. The van der Waals surface area contributed by atoms with Crippen molar-refractivity contribution in [2.24, 2.45) is 0 Å². The zero-order valence-electron chi connectivity index (χ0n) is 8.88. The average Bonchev–Trinajstić information content (AvgIpc) is 2.33. The molecule has 0 aliphatic heterocycles. The number of thiol groups is 1. The lowest BCUT2D eigenvalue weighted by molar-refractivity contribution is 0.178. The molecular formula is C14H14OS. The third-order valence-electron chi connectivity index (χ3n) is 2.55. The molecule has 0 bridgehead atoms. The third kappa shape index (κ3) is 2.87. The maximum Gasteiger partial charge on any atom is 0.0830 e. The minimum Gasteiger partial charge on any atom is -0.388 e. The van der Waals surface area contributed by atoms with E-state index in [1.165, 1.54) is 0 Å². The summed E-state index contributed by atoms with van der Waals surface area (Å²) in [6.45, 7) is 0. The van der Waals surface area contributed by atoms with Crippen LogP contribution in [0.3, 0.4) is 0 Å². The second-order valence-electron chi connectivity index (χ2n) is 3.80. The lowest BCUT2D eigenvalue weighted by Crippen LogP contribution is -2.01. The van der Waals surface area contributed by atoms with Gasteiger partial charge in [0.1, 0.15) is 0 Å². The molecule has 0 aromatic heterocycles. The fourth-order valence-corrected chi connectivity index (χ4v) is 1.80. The molecule has 2 aromatic carbocycles. The van der Waals surface area contributed by atoms with E-state index in [4.69, 9.17) is 0 Å². The zero-order valence-corrected chi connectivity index (χ0v) is 9.77. The van der Waals surface area contributed by atoms with E-state index in [9.17, 15) is 5.11 Å². The first-order valence-corrected chi connectivity index (χ1v) is 5.71. The highest BCUT2D eigenvalue weighted by molar-refractivity contribution is 7.80. The topological polar surface area (TPSA) is 20.2 Å². The molecule has 0 saturated carbocycles. The molecule has 2 aromatic rings. The second kappa shape index (κ2) is 5.19. The smallest absolute Gasteiger partial charge is 0.0830 e. The van der Waals surface area contributed by atoms with Crippen LogP contribution in [0.1, 0.15) is 17.2 Å². The number of hydrogen-bond acceptors (Lipinski definition) is 2. The summed E-state index contributed by atoms with van der Waals surface area (Å²) in [5, 5.41) is 10.0. The molecule has 0 aliphatic rings. The molecule has 0 saturated heterocycles. The van der Waals surface area contributed by atoms with Crippen LogP contribution in [0.5, 0.6) is 0 Å². The van der Waals surface area contributed by atoms with Crippen molar-refractivity contribution < 1.29 is 5.11 Å². The maximum absolute atomic E-state index is 10.0. The van der Waals surface area contributed by atoms with Gasteiger partial charge in [0.05, 0.1) is 6.10 Å². The van der Waals surface area contributed by atoms with Gasteiger partial charge in [0, 0.05) is 11.3 Å². The Morgan fingerprint density at radius 2 is 1.56 bits per heavy atom. The number of benzene rings is 2. The highest BCUT2D eigenvalue weighted by atomic mass is 32.1. The quantitative estimate of drug-likeness (QED) is 0.776. The standard InChI is InChI=1S/C14H14OS/c15-14(12-4-2-1-3-5-12)10-11-6-8-13(16)9-7-11/h1-9,14-16H,10H2. The van der Waals surface area contributed by atoms with Crippen molar-refractivity contribution in [3.05, 3.63) is 65.7 Å². The summed E-state index contributed by atoms with van der Waals surface area (Å²) >= 11 is 4.23. The van der Waals surface area contributed by atoms with E-state index in [1.54, 1.807) is 0 Å². The van der Waals surface area contributed by atoms with Gasteiger partial charge in [-0.15, -0.1) is 12.6 Å². The minimum atomic E-state index is -0.438. The summed E-state index contributed by atoms with van der Waals surface area (Å²) in [6.07, 6.45) is 0.199. The van der Waals surface area contributed by atoms with Crippen molar-refractivity contribution in [3.63, 3.8) is 0 Å². The van der Waals surface area contributed by atoms with Crippen LogP contribution in [-0.4, -0.2) is 5.11 Å². The molecule has 1 atom stereocenters. The molecule has 0 amide bonds. The molecule has 0 heterocycles. The Kier molecular flexibility index (Phi) is 3.65. The zero-order chi connectivity index (χ0) is 11.4. The molecule has 2 heteroatoms. The largest absolute Gasteiger partial charge is 0.388 e. The Bertz CT molecular complexity index is 436. The number of aliphatic hydroxyl groups is 1. The van der Waals surface area contributed by atoms with E-state index in [0.717, 1.165) is 16.0 Å². The third-order valence-corrected chi connectivity index (χ3v) is 2.85. The van der Waals surface area contributed by atoms with Crippen molar-refractivity contribution in [1.29, 1.82) is 0 Å². The molecule has 0 fully saturated rings. The molecule has 0 radical (unpaired) electrons. The first-order valence-electron chi connectivity index (χ1n) is 5.26. The first-order chi connectivity index (χ1) is 7.75. The summed E-state index contributed by atoms with van der Waals surface area (Å²) < 4.78 is 0. The van der Waals surface area contributed by atoms with E-state index in [0.29, 0.717) is 6.42 Å². The molecule has 1 nitrogen and oxygen atoms in total. The van der Waals surface area contributed by atoms with Crippen LogP contribution in [0.15, 0.2) is 59.5 Å². The highest BCUT2D eigenvalue weighted by Crippen LogP contribution is 2.18. The lowest BCUT2D eigenvalue weighted by atomic mass is 10.0. The predicted octanol–water partition coefficient (Wildman–Crippen LogP) is 3.25. The highest BCUT2D eigenvalue weighted by Gasteiger charge is 2.07. The van der Waals surface area contributed by atoms with Crippen molar-refractivity contribution in [1.82, 2.24) is 0 Å². The average molecular weight is 230 g/mol. The Balaban J connectivity index is 2.08. The molecule has 82 valence electrons. The lowest BCUT2D eigenvalue weighted by Gasteiger charge is -2.10. The Labute approximate surface area is 101 Å². The molecule has 1 N–H and O–H groups in total. The van der Waals surface area contributed by atoms with Gasteiger partial charge in [-0.2, -0.15) is 0 Å². The normalized spacial score (nSPS) is 12.4. The number of aliphatic hydroxyl groups excluding tert-OH is 1. The van der Waals surface area contributed by atoms with E-state index in [1.807, 2.05) is 54.6 Å². The fraction of sp³-hybridized carbons (Fsp3) is 0.143. The summed E-state index contributed by atoms with van der Waals surface area (Å²) in [6, 6.07) is 17.6. The monoisotopic (exact) mass is 230 g/mol. The van der Waals surface area contributed by atoms with Crippen molar-refractivity contribution in [3.8, 4) is 0 Å². The van der Waals surface area contributed by atoms with E-state index < -0.39 is 6.10 Å². The summed E-state index contributed by atoms with van der Waals surface area (Å²) in [5.41, 5.74) is 2.08. The first kappa shape index (κ1) is 11.2. The van der Waals surface area contributed by atoms with Crippen LogP contribution in [-0.2, 0) is 6.42 Å². The minimum absolute atomic E-state index is 0.438.